The Morgan fingerprint density at radius 1 is 1.67 bits per heavy atom. The minimum Gasteiger partial charge on any atom is -0.475 e. The van der Waals surface area contributed by atoms with Crippen LogP contribution in [0.15, 0.2) is 0 Å². The first-order valence-corrected chi connectivity index (χ1v) is 3.39. The van der Waals surface area contributed by atoms with Crippen LogP contribution in [0, 0.1) is 0 Å². The van der Waals surface area contributed by atoms with Gasteiger partial charge in [0.25, 0.3) is 0 Å². The highest BCUT2D eigenvalue weighted by atomic mass is 19.3. The molecule has 1 aliphatic rings. The standard InChI is InChI=1S/C6H8F2O4/c7-6(8,5(9)10)12-4-1-2-11-3-4/h4H,1-3H2,(H,9,10). The lowest BCUT2D eigenvalue weighted by molar-refractivity contribution is -0.261. The van der Waals surface area contributed by atoms with Crippen molar-refractivity contribution in [2.75, 3.05) is 13.2 Å². The van der Waals surface area contributed by atoms with Gasteiger partial charge < -0.3 is 14.6 Å². The van der Waals surface area contributed by atoms with Crippen molar-refractivity contribution < 1.29 is 28.2 Å². The van der Waals surface area contributed by atoms with E-state index in [-0.39, 0.29) is 6.61 Å². The molecule has 1 rings (SSSR count). The van der Waals surface area contributed by atoms with Crippen molar-refractivity contribution in [3.8, 4) is 0 Å². The van der Waals surface area contributed by atoms with E-state index in [9.17, 15) is 13.6 Å². The van der Waals surface area contributed by atoms with Crippen molar-refractivity contribution in [3.63, 3.8) is 0 Å². The molecule has 1 N–H and O–H groups in total. The third kappa shape index (κ3) is 2.12. The number of carboxylic acids is 1. The second-order valence-electron chi connectivity index (χ2n) is 2.43. The number of rotatable bonds is 3. The van der Waals surface area contributed by atoms with Gasteiger partial charge in [-0.05, 0) is 6.42 Å². The smallest absolute Gasteiger partial charge is 0.456 e. The normalized spacial score (nSPS) is 24.3. The summed E-state index contributed by atoms with van der Waals surface area (Å²) in [6.07, 6.45) is -4.60. The minimum absolute atomic E-state index is 0.0306. The van der Waals surface area contributed by atoms with Crippen LogP contribution in [0.25, 0.3) is 0 Å². The van der Waals surface area contributed by atoms with Crippen LogP contribution in [0.2, 0.25) is 0 Å². The maximum atomic E-state index is 12.3. The van der Waals surface area contributed by atoms with E-state index < -0.39 is 18.2 Å². The summed E-state index contributed by atoms with van der Waals surface area (Å²) < 4.78 is 33.4. The summed E-state index contributed by atoms with van der Waals surface area (Å²) >= 11 is 0. The van der Waals surface area contributed by atoms with Crippen LogP contribution in [0.5, 0.6) is 0 Å². The molecule has 0 radical (unpaired) electrons. The molecule has 6 heteroatoms. The molecule has 0 aromatic rings. The SMILES string of the molecule is O=C(O)C(F)(F)OC1CCOC1. The van der Waals surface area contributed by atoms with Crippen LogP contribution in [0.4, 0.5) is 8.78 Å². The van der Waals surface area contributed by atoms with Crippen molar-refractivity contribution in [1.82, 2.24) is 0 Å². The van der Waals surface area contributed by atoms with Crippen molar-refractivity contribution in [2.24, 2.45) is 0 Å². The van der Waals surface area contributed by atoms with E-state index in [4.69, 9.17) is 9.84 Å². The van der Waals surface area contributed by atoms with Gasteiger partial charge in [0.2, 0.25) is 0 Å². The van der Waals surface area contributed by atoms with Crippen molar-refractivity contribution in [1.29, 1.82) is 0 Å². The van der Waals surface area contributed by atoms with Crippen molar-refractivity contribution in [2.45, 2.75) is 18.6 Å². The lowest BCUT2D eigenvalue weighted by Crippen LogP contribution is -2.36. The van der Waals surface area contributed by atoms with Gasteiger partial charge in [-0.25, -0.2) is 4.79 Å². The Balaban J connectivity index is 2.42. The van der Waals surface area contributed by atoms with Gasteiger partial charge in [0, 0.05) is 6.61 Å². The number of ether oxygens (including phenoxy) is 2. The number of halogens is 2. The second-order valence-corrected chi connectivity index (χ2v) is 2.43. The van der Waals surface area contributed by atoms with Gasteiger partial charge in [0.05, 0.1) is 12.7 Å². The summed E-state index contributed by atoms with van der Waals surface area (Å²) in [6.45, 7) is 0.364. The Morgan fingerprint density at radius 3 is 2.75 bits per heavy atom. The second kappa shape index (κ2) is 3.32. The quantitative estimate of drug-likeness (QED) is 0.689. The number of carbonyl (C=O) groups is 1. The van der Waals surface area contributed by atoms with Crippen LogP contribution in [-0.2, 0) is 14.3 Å². The van der Waals surface area contributed by atoms with E-state index in [1.807, 2.05) is 0 Å². The molecular weight excluding hydrogens is 174 g/mol. The van der Waals surface area contributed by atoms with Crippen LogP contribution in [-0.4, -0.2) is 36.5 Å². The zero-order valence-electron chi connectivity index (χ0n) is 6.13. The first-order valence-electron chi connectivity index (χ1n) is 3.39. The number of hydrogen-bond acceptors (Lipinski definition) is 3. The molecule has 1 heterocycles. The van der Waals surface area contributed by atoms with Crippen LogP contribution < -0.4 is 0 Å². The van der Waals surface area contributed by atoms with E-state index in [1.54, 1.807) is 0 Å². The molecule has 0 aliphatic carbocycles. The van der Waals surface area contributed by atoms with Gasteiger partial charge in [-0.3, -0.25) is 0 Å². The summed E-state index contributed by atoms with van der Waals surface area (Å²) in [4.78, 5) is 9.89. The third-order valence-electron chi connectivity index (χ3n) is 1.45. The van der Waals surface area contributed by atoms with Crippen LogP contribution in [0.3, 0.4) is 0 Å². The number of aliphatic carboxylic acids is 1. The summed E-state index contributed by atoms with van der Waals surface area (Å²) in [5.41, 5.74) is 0. The molecular formula is C6H8F2O4. The molecule has 0 aromatic carbocycles. The highest BCUT2D eigenvalue weighted by Crippen LogP contribution is 2.21. The van der Waals surface area contributed by atoms with Gasteiger partial charge >= 0.3 is 12.1 Å². The highest BCUT2D eigenvalue weighted by molar-refractivity contribution is 5.73. The fourth-order valence-electron chi connectivity index (χ4n) is 0.866. The van der Waals surface area contributed by atoms with Gasteiger partial charge in [0.15, 0.2) is 0 Å². The maximum absolute atomic E-state index is 12.3. The number of hydrogen-bond donors (Lipinski definition) is 1. The van der Waals surface area contributed by atoms with Gasteiger partial charge in [0.1, 0.15) is 0 Å². The lowest BCUT2D eigenvalue weighted by atomic mass is 10.3. The van der Waals surface area contributed by atoms with E-state index >= 15 is 0 Å². The third-order valence-corrected chi connectivity index (χ3v) is 1.45. The van der Waals surface area contributed by atoms with E-state index in [2.05, 4.69) is 4.74 Å². The predicted molar refractivity (Wildman–Crippen MR) is 32.9 cm³/mol. The average Bonchev–Trinajstić information content (AvgIpc) is 2.38. The molecule has 0 amide bonds. The Bertz CT molecular complexity index is 176. The molecule has 0 spiro atoms. The summed E-state index contributed by atoms with van der Waals surface area (Å²) in [5, 5.41) is 7.99. The van der Waals surface area contributed by atoms with Gasteiger partial charge in [-0.15, -0.1) is 0 Å². The zero-order chi connectivity index (χ0) is 9.19. The molecule has 12 heavy (non-hydrogen) atoms. The van der Waals surface area contributed by atoms with Gasteiger partial charge in [-0.2, -0.15) is 8.78 Å². The molecule has 0 aromatic heterocycles. The Kier molecular flexibility index (Phi) is 2.58. The molecule has 70 valence electrons. The molecule has 1 saturated heterocycles. The monoisotopic (exact) mass is 182 g/mol. The summed E-state index contributed by atoms with van der Waals surface area (Å²) in [7, 11) is 0. The molecule has 1 unspecified atom stereocenters. The molecule has 0 saturated carbocycles. The van der Waals surface area contributed by atoms with Crippen molar-refractivity contribution in [3.05, 3.63) is 0 Å². The first kappa shape index (κ1) is 9.34. The lowest BCUT2D eigenvalue weighted by Gasteiger charge is -2.15. The predicted octanol–water partition coefficient (Wildman–Crippen LogP) is 0.469. The average molecular weight is 182 g/mol. The van der Waals surface area contributed by atoms with E-state index in [0.717, 1.165) is 0 Å². The fourth-order valence-corrected chi connectivity index (χ4v) is 0.866. The highest BCUT2D eigenvalue weighted by Gasteiger charge is 2.43. The maximum Gasteiger partial charge on any atom is 0.456 e. The molecule has 0 bridgehead atoms. The topological polar surface area (TPSA) is 55.8 Å². The van der Waals surface area contributed by atoms with Crippen molar-refractivity contribution >= 4 is 5.97 Å². The van der Waals surface area contributed by atoms with Gasteiger partial charge in [-0.1, -0.05) is 0 Å². The molecule has 1 aliphatic heterocycles. The molecule has 4 nitrogen and oxygen atoms in total. The Labute approximate surface area is 67.1 Å². The Morgan fingerprint density at radius 2 is 2.33 bits per heavy atom. The largest absolute Gasteiger partial charge is 0.475 e. The van der Waals surface area contributed by atoms with E-state index in [1.165, 1.54) is 0 Å². The fraction of sp³-hybridized carbons (Fsp3) is 0.833. The summed E-state index contributed by atoms with van der Waals surface area (Å²) in [6, 6.07) is 0. The summed E-state index contributed by atoms with van der Waals surface area (Å²) in [5.74, 6) is -2.27. The van der Waals surface area contributed by atoms with Crippen LogP contribution >= 0.6 is 0 Å². The van der Waals surface area contributed by atoms with Crippen LogP contribution in [0.1, 0.15) is 6.42 Å². The minimum atomic E-state index is -4.10. The molecule has 1 atom stereocenters. The first-order chi connectivity index (χ1) is 5.52. The Hall–Kier alpha value is -0.750. The molecule has 1 fully saturated rings. The van der Waals surface area contributed by atoms with E-state index in [0.29, 0.717) is 13.0 Å². The number of carboxylic acid groups (broad SMARTS) is 1. The zero-order valence-corrected chi connectivity index (χ0v) is 6.13. The number of alkyl halides is 2.